The van der Waals surface area contributed by atoms with E-state index in [1.807, 2.05) is 6.07 Å². The van der Waals surface area contributed by atoms with Crippen LogP contribution in [0, 0.1) is 11.7 Å². The molecular weight excluding hydrogens is 189 g/mol. The summed E-state index contributed by atoms with van der Waals surface area (Å²) in [6.07, 6.45) is 3.62. The zero-order valence-corrected chi connectivity index (χ0v) is 8.96. The van der Waals surface area contributed by atoms with Gasteiger partial charge in [0.05, 0.1) is 0 Å². The van der Waals surface area contributed by atoms with Crippen LogP contribution in [0.25, 0.3) is 0 Å². The molecule has 0 saturated heterocycles. The molecule has 0 aromatic heterocycles. The van der Waals surface area contributed by atoms with Crippen molar-refractivity contribution in [2.75, 3.05) is 0 Å². The number of hydrogen-bond donors (Lipinski definition) is 1. The zero-order chi connectivity index (χ0) is 10.4. The molecule has 2 aliphatic rings. The maximum Gasteiger partial charge on any atom is 0.123 e. The van der Waals surface area contributed by atoms with Crippen molar-refractivity contribution in [1.82, 2.24) is 5.32 Å². The van der Waals surface area contributed by atoms with Gasteiger partial charge in [0.2, 0.25) is 0 Å². The molecule has 2 heteroatoms. The molecule has 0 aliphatic heterocycles. The van der Waals surface area contributed by atoms with Crippen molar-refractivity contribution in [1.29, 1.82) is 0 Å². The Morgan fingerprint density at radius 1 is 1.33 bits per heavy atom. The van der Waals surface area contributed by atoms with Gasteiger partial charge in [-0.05, 0) is 48.4 Å². The second-order valence-electron chi connectivity index (χ2n) is 4.94. The minimum atomic E-state index is -0.104. The third-order valence-corrected chi connectivity index (χ3v) is 3.54. The Kier molecular flexibility index (Phi) is 2.06. The van der Waals surface area contributed by atoms with Gasteiger partial charge in [-0.1, -0.05) is 13.0 Å². The number of nitrogens with one attached hydrogen (secondary N) is 1. The lowest BCUT2D eigenvalue weighted by atomic mass is 10.0. The first-order valence-corrected chi connectivity index (χ1v) is 5.78. The monoisotopic (exact) mass is 205 g/mol. The smallest absolute Gasteiger partial charge is 0.123 e. The normalized spacial score (nSPS) is 29.2. The number of benzene rings is 1. The maximum absolute atomic E-state index is 13.1. The van der Waals surface area contributed by atoms with Crippen molar-refractivity contribution in [2.24, 2.45) is 5.92 Å². The zero-order valence-electron chi connectivity index (χ0n) is 8.96. The number of fused-ring (bicyclic) bond motifs is 1. The van der Waals surface area contributed by atoms with Crippen LogP contribution in [0.4, 0.5) is 4.39 Å². The van der Waals surface area contributed by atoms with Crippen molar-refractivity contribution in [3.8, 4) is 0 Å². The van der Waals surface area contributed by atoms with Gasteiger partial charge >= 0.3 is 0 Å². The van der Waals surface area contributed by atoms with Gasteiger partial charge in [0.25, 0.3) is 0 Å². The third-order valence-electron chi connectivity index (χ3n) is 3.54. The summed E-state index contributed by atoms with van der Waals surface area (Å²) < 4.78 is 13.1. The quantitative estimate of drug-likeness (QED) is 0.782. The standard InChI is InChI=1S/C13H16FN/c1-8-6-9-7-10(14)2-5-12(9)13(8)15-11-3-4-11/h2,5,7-8,11,13,15H,3-4,6H2,1H3. The van der Waals surface area contributed by atoms with E-state index in [0.717, 1.165) is 6.42 Å². The van der Waals surface area contributed by atoms with Crippen molar-refractivity contribution in [3.63, 3.8) is 0 Å². The largest absolute Gasteiger partial charge is 0.307 e. The van der Waals surface area contributed by atoms with E-state index in [0.29, 0.717) is 18.0 Å². The van der Waals surface area contributed by atoms with Crippen LogP contribution in [-0.4, -0.2) is 6.04 Å². The van der Waals surface area contributed by atoms with Crippen LogP contribution in [0.3, 0.4) is 0 Å². The molecule has 1 N–H and O–H groups in total. The Labute approximate surface area is 89.7 Å². The fraction of sp³-hybridized carbons (Fsp3) is 0.538. The number of hydrogen-bond acceptors (Lipinski definition) is 1. The fourth-order valence-electron chi connectivity index (χ4n) is 2.58. The summed E-state index contributed by atoms with van der Waals surface area (Å²) in [6, 6.07) is 6.40. The highest BCUT2D eigenvalue weighted by atomic mass is 19.1. The summed E-state index contributed by atoms with van der Waals surface area (Å²) in [5.74, 6) is 0.496. The first kappa shape index (κ1) is 9.34. The molecule has 0 radical (unpaired) electrons. The third kappa shape index (κ3) is 1.67. The van der Waals surface area contributed by atoms with Crippen LogP contribution >= 0.6 is 0 Å². The molecule has 15 heavy (non-hydrogen) atoms. The summed E-state index contributed by atoms with van der Waals surface area (Å²) in [4.78, 5) is 0. The van der Waals surface area contributed by atoms with Gasteiger partial charge in [-0.2, -0.15) is 0 Å². The second-order valence-corrected chi connectivity index (χ2v) is 4.94. The van der Waals surface area contributed by atoms with Gasteiger partial charge in [0.15, 0.2) is 0 Å². The first-order chi connectivity index (χ1) is 7.24. The average molecular weight is 205 g/mol. The van der Waals surface area contributed by atoms with Crippen molar-refractivity contribution >= 4 is 0 Å². The maximum atomic E-state index is 13.1. The highest BCUT2D eigenvalue weighted by Crippen LogP contribution is 2.38. The molecule has 1 saturated carbocycles. The predicted octanol–water partition coefficient (Wildman–Crippen LogP) is 2.81. The Balaban J connectivity index is 1.90. The van der Waals surface area contributed by atoms with Gasteiger partial charge < -0.3 is 5.32 Å². The average Bonchev–Trinajstić information content (AvgIpc) is 2.93. The van der Waals surface area contributed by atoms with Crippen molar-refractivity contribution in [3.05, 3.63) is 35.1 Å². The molecule has 0 amide bonds. The van der Waals surface area contributed by atoms with E-state index in [1.54, 1.807) is 12.1 Å². The van der Waals surface area contributed by atoms with Crippen LogP contribution in [0.15, 0.2) is 18.2 Å². The Morgan fingerprint density at radius 3 is 2.87 bits per heavy atom. The second kappa shape index (κ2) is 3.31. The van der Waals surface area contributed by atoms with Crippen LogP contribution < -0.4 is 5.32 Å². The predicted molar refractivity (Wildman–Crippen MR) is 58.2 cm³/mol. The van der Waals surface area contributed by atoms with Gasteiger partial charge in [-0.15, -0.1) is 0 Å². The van der Waals surface area contributed by atoms with E-state index in [4.69, 9.17) is 0 Å². The lowest BCUT2D eigenvalue weighted by molar-refractivity contribution is 0.414. The van der Waals surface area contributed by atoms with Gasteiger partial charge in [0, 0.05) is 12.1 Å². The van der Waals surface area contributed by atoms with E-state index in [9.17, 15) is 4.39 Å². The first-order valence-electron chi connectivity index (χ1n) is 5.78. The molecule has 1 nitrogen and oxygen atoms in total. The molecular formula is C13H16FN. The fourth-order valence-corrected chi connectivity index (χ4v) is 2.58. The summed E-state index contributed by atoms with van der Waals surface area (Å²) in [7, 11) is 0. The lowest BCUT2D eigenvalue weighted by Crippen LogP contribution is -2.25. The molecule has 1 fully saturated rings. The SMILES string of the molecule is CC1Cc2cc(F)ccc2C1NC1CC1. The minimum absolute atomic E-state index is 0.104. The molecule has 0 heterocycles. The molecule has 1 aromatic rings. The van der Waals surface area contributed by atoms with Crippen LogP contribution in [0.2, 0.25) is 0 Å². The summed E-state index contributed by atoms with van der Waals surface area (Å²) >= 11 is 0. The topological polar surface area (TPSA) is 12.0 Å². The van der Waals surface area contributed by atoms with Crippen LogP contribution in [0.1, 0.15) is 36.9 Å². The van der Waals surface area contributed by atoms with Crippen LogP contribution in [0.5, 0.6) is 0 Å². The number of halogens is 1. The van der Waals surface area contributed by atoms with E-state index in [2.05, 4.69) is 12.2 Å². The lowest BCUT2D eigenvalue weighted by Gasteiger charge is -2.18. The molecule has 0 spiro atoms. The molecule has 0 bridgehead atoms. The van der Waals surface area contributed by atoms with E-state index >= 15 is 0 Å². The molecule has 80 valence electrons. The molecule has 2 aliphatic carbocycles. The van der Waals surface area contributed by atoms with Crippen molar-refractivity contribution in [2.45, 2.75) is 38.3 Å². The van der Waals surface area contributed by atoms with Gasteiger partial charge in [0.1, 0.15) is 5.82 Å². The minimum Gasteiger partial charge on any atom is -0.307 e. The summed E-state index contributed by atoms with van der Waals surface area (Å²) in [6.45, 7) is 2.25. The van der Waals surface area contributed by atoms with Gasteiger partial charge in [-0.25, -0.2) is 4.39 Å². The number of rotatable bonds is 2. The molecule has 1 aromatic carbocycles. The van der Waals surface area contributed by atoms with E-state index in [-0.39, 0.29) is 5.82 Å². The molecule has 2 unspecified atom stereocenters. The Bertz CT molecular complexity index is 384. The van der Waals surface area contributed by atoms with Gasteiger partial charge in [-0.3, -0.25) is 0 Å². The Hall–Kier alpha value is -0.890. The molecule has 2 atom stereocenters. The van der Waals surface area contributed by atoms with Crippen LogP contribution in [-0.2, 0) is 6.42 Å². The van der Waals surface area contributed by atoms with E-state index in [1.165, 1.54) is 24.0 Å². The summed E-state index contributed by atoms with van der Waals surface area (Å²) in [5, 5.41) is 3.66. The summed E-state index contributed by atoms with van der Waals surface area (Å²) in [5.41, 5.74) is 2.51. The van der Waals surface area contributed by atoms with E-state index < -0.39 is 0 Å². The highest BCUT2D eigenvalue weighted by molar-refractivity contribution is 5.36. The molecule has 3 rings (SSSR count). The Morgan fingerprint density at radius 2 is 2.13 bits per heavy atom. The van der Waals surface area contributed by atoms with Crippen molar-refractivity contribution < 1.29 is 4.39 Å². The highest BCUT2D eigenvalue weighted by Gasteiger charge is 2.33.